The molecule has 0 aromatic carbocycles. The standard InChI is InChI=1S/C9H11N3/c1-2-3-4-9(10)8-5-11-7-12-6-8/h1,5-7,9H,3-4,10H2. The number of nitrogens with zero attached hydrogens (tertiary/aromatic N) is 2. The lowest BCUT2D eigenvalue weighted by Gasteiger charge is -2.07. The molecule has 0 saturated carbocycles. The molecular formula is C9H11N3. The summed E-state index contributed by atoms with van der Waals surface area (Å²) in [7, 11) is 0. The fourth-order valence-corrected chi connectivity index (χ4v) is 0.908. The van der Waals surface area contributed by atoms with E-state index in [9.17, 15) is 0 Å². The molecule has 3 heteroatoms. The van der Waals surface area contributed by atoms with Crippen LogP contribution in [0.4, 0.5) is 0 Å². The Balaban J connectivity index is 2.55. The summed E-state index contributed by atoms with van der Waals surface area (Å²) < 4.78 is 0. The Bertz CT molecular complexity index is 263. The van der Waals surface area contributed by atoms with Crippen molar-refractivity contribution in [1.29, 1.82) is 0 Å². The fourth-order valence-electron chi connectivity index (χ4n) is 0.908. The first-order valence-corrected chi connectivity index (χ1v) is 3.78. The Morgan fingerprint density at radius 3 is 2.75 bits per heavy atom. The zero-order valence-corrected chi connectivity index (χ0v) is 6.77. The summed E-state index contributed by atoms with van der Waals surface area (Å²) in [5.74, 6) is 2.55. The highest BCUT2D eigenvalue weighted by Crippen LogP contribution is 2.12. The maximum absolute atomic E-state index is 5.81. The van der Waals surface area contributed by atoms with Gasteiger partial charge in [-0.1, -0.05) is 0 Å². The Kier molecular flexibility index (Phi) is 3.24. The molecule has 0 aliphatic carbocycles. The molecule has 1 heterocycles. The zero-order chi connectivity index (χ0) is 8.81. The summed E-state index contributed by atoms with van der Waals surface area (Å²) >= 11 is 0. The molecule has 0 aliphatic rings. The number of aromatic nitrogens is 2. The Morgan fingerprint density at radius 2 is 2.17 bits per heavy atom. The molecule has 1 rings (SSSR count). The molecular weight excluding hydrogens is 150 g/mol. The Labute approximate surface area is 72.0 Å². The average Bonchev–Trinajstić information content (AvgIpc) is 2.15. The van der Waals surface area contributed by atoms with Crippen LogP contribution in [0.5, 0.6) is 0 Å². The third-order valence-electron chi connectivity index (χ3n) is 1.61. The number of terminal acetylenes is 1. The first-order chi connectivity index (χ1) is 5.84. The van der Waals surface area contributed by atoms with Crippen LogP contribution in [-0.2, 0) is 0 Å². The van der Waals surface area contributed by atoms with Gasteiger partial charge in [-0.2, -0.15) is 0 Å². The van der Waals surface area contributed by atoms with Crippen LogP contribution in [0.2, 0.25) is 0 Å². The van der Waals surface area contributed by atoms with Gasteiger partial charge in [0.25, 0.3) is 0 Å². The topological polar surface area (TPSA) is 51.8 Å². The number of rotatable bonds is 3. The van der Waals surface area contributed by atoms with Gasteiger partial charge < -0.3 is 5.73 Å². The van der Waals surface area contributed by atoms with E-state index in [1.165, 1.54) is 6.33 Å². The van der Waals surface area contributed by atoms with Crippen LogP contribution < -0.4 is 5.73 Å². The van der Waals surface area contributed by atoms with E-state index < -0.39 is 0 Å². The van der Waals surface area contributed by atoms with Gasteiger partial charge in [0.1, 0.15) is 6.33 Å². The molecule has 0 bridgehead atoms. The van der Waals surface area contributed by atoms with E-state index in [0.717, 1.165) is 12.0 Å². The Morgan fingerprint density at radius 1 is 1.50 bits per heavy atom. The largest absolute Gasteiger partial charge is 0.324 e. The van der Waals surface area contributed by atoms with Gasteiger partial charge in [0, 0.05) is 30.4 Å². The molecule has 0 amide bonds. The van der Waals surface area contributed by atoms with E-state index >= 15 is 0 Å². The van der Waals surface area contributed by atoms with Crippen LogP contribution in [0, 0.1) is 12.3 Å². The summed E-state index contributed by atoms with van der Waals surface area (Å²) in [6.45, 7) is 0. The van der Waals surface area contributed by atoms with Crippen LogP contribution in [0.15, 0.2) is 18.7 Å². The molecule has 12 heavy (non-hydrogen) atoms. The Hall–Kier alpha value is -1.40. The van der Waals surface area contributed by atoms with E-state index in [2.05, 4.69) is 15.9 Å². The van der Waals surface area contributed by atoms with Gasteiger partial charge in [0.2, 0.25) is 0 Å². The first-order valence-electron chi connectivity index (χ1n) is 3.78. The van der Waals surface area contributed by atoms with E-state index in [1.54, 1.807) is 12.4 Å². The summed E-state index contributed by atoms with van der Waals surface area (Å²) in [6.07, 6.45) is 11.5. The molecule has 62 valence electrons. The minimum absolute atomic E-state index is 0.0396. The second kappa shape index (κ2) is 4.47. The van der Waals surface area contributed by atoms with Gasteiger partial charge in [-0.05, 0) is 6.42 Å². The molecule has 1 unspecified atom stereocenters. The van der Waals surface area contributed by atoms with Crippen molar-refractivity contribution in [1.82, 2.24) is 9.97 Å². The lowest BCUT2D eigenvalue weighted by Crippen LogP contribution is -2.10. The molecule has 0 radical (unpaired) electrons. The van der Waals surface area contributed by atoms with Crippen molar-refractivity contribution < 1.29 is 0 Å². The van der Waals surface area contributed by atoms with Crippen molar-refractivity contribution in [3.8, 4) is 12.3 Å². The van der Waals surface area contributed by atoms with Crippen LogP contribution >= 0.6 is 0 Å². The summed E-state index contributed by atoms with van der Waals surface area (Å²) in [4.78, 5) is 7.74. The summed E-state index contributed by atoms with van der Waals surface area (Å²) in [5, 5.41) is 0. The van der Waals surface area contributed by atoms with Gasteiger partial charge in [0.05, 0.1) is 0 Å². The SMILES string of the molecule is C#CCCC(N)c1cncnc1. The van der Waals surface area contributed by atoms with E-state index in [0.29, 0.717) is 6.42 Å². The molecule has 0 saturated heterocycles. The lowest BCUT2D eigenvalue weighted by atomic mass is 10.1. The molecule has 0 aliphatic heterocycles. The third-order valence-corrected chi connectivity index (χ3v) is 1.61. The van der Waals surface area contributed by atoms with Gasteiger partial charge in [-0.15, -0.1) is 12.3 Å². The van der Waals surface area contributed by atoms with Gasteiger partial charge in [-0.3, -0.25) is 0 Å². The van der Waals surface area contributed by atoms with Gasteiger partial charge >= 0.3 is 0 Å². The van der Waals surface area contributed by atoms with Crippen molar-refractivity contribution >= 4 is 0 Å². The predicted octanol–water partition coefficient (Wildman–Crippen LogP) is 0.890. The molecule has 0 spiro atoms. The monoisotopic (exact) mass is 161 g/mol. The second-order valence-corrected chi connectivity index (χ2v) is 2.52. The maximum atomic E-state index is 5.81. The highest BCUT2D eigenvalue weighted by atomic mass is 14.8. The minimum Gasteiger partial charge on any atom is -0.324 e. The van der Waals surface area contributed by atoms with E-state index in [4.69, 9.17) is 12.2 Å². The number of nitrogens with two attached hydrogens (primary N) is 1. The molecule has 3 nitrogen and oxygen atoms in total. The van der Waals surface area contributed by atoms with Crippen molar-refractivity contribution in [2.24, 2.45) is 5.73 Å². The number of hydrogen-bond acceptors (Lipinski definition) is 3. The van der Waals surface area contributed by atoms with Gasteiger partial charge in [-0.25, -0.2) is 9.97 Å². The smallest absolute Gasteiger partial charge is 0.115 e. The fraction of sp³-hybridized carbons (Fsp3) is 0.333. The summed E-state index contributed by atoms with van der Waals surface area (Å²) in [6, 6.07) is -0.0396. The van der Waals surface area contributed by atoms with Crippen molar-refractivity contribution in [3.63, 3.8) is 0 Å². The molecule has 1 aromatic rings. The van der Waals surface area contributed by atoms with E-state index in [-0.39, 0.29) is 6.04 Å². The summed E-state index contributed by atoms with van der Waals surface area (Å²) in [5.41, 5.74) is 6.74. The van der Waals surface area contributed by atoms with Crippen molar-refractivity contribution in [3.05, 3.63) is 24.3 Å². The zero-order valence-electron chi connectivity index (χ0n) is 6.77. The van der Waals surface area contributed by atoms with Crippen LogP contribution in [0.25, 0.3) is 0 Å². The van der Waals surface area contributed by atoms with Crippen LogP contribution in [0.3, 0.4) is 0 Å². The van der Waals surface area contributed by atoms with Gasteiger partial charge in [0.15, 0.2) is 0 Å². The lowest BCUT2D eigenvalue weighted by molar-refractivity contribution is 0.661. The molecule has 0 fully saturated rings. The van der Waals surface area contributed by atoms with Crippen LogP contribution in [0.1, 0.15) is 24.4 Å². The minimum atomic E-state index is -0.0396. The predicted molar refractivity (Wildman–Crippen MR) is 47.0 cm³/mol. The average molecular weight is 161 g/mol. The van der Waals surface area contributed by atoms with Crippen molar-refractivity contribution in [2.45, 2.75) is 18.9 Å². The van der Waals surface area contributed by atoms with Crippen LogP contribution in [-0.4, -0.2) is 9.97 Å². The number of hydrogen-bond donors (Lipinski definition) is 1. The van der Waals surface area contributed by atoms with E-state index in [1.807, 2.05) is 0 Å². The highest BCUT2D eigenvalue weighted by Gasteiger charge is 2.03. The molecule has 2 N–H and O–H groups in total. The highest BCUT2D eigenvalue weighted by molar-refractivity contribution is 5.08. The second-order valence-electron chi connectivity index (χ2n) is 2.52. The maximum Gasteiger partial charge on any atom is 0.115 e. The quantitative estimate of drug-likeness (QED) is 0.670. The van der Waals surface area contributed by atoms with Crippen molar-refractivity contribution in [2.75, 3.05) is 0 Å². The first kappa shape index (κ1) is 8.69. The molecule has 1 aromatic heterocycles. The normalized spacial score (nSPS) is 12.0. The molecule has 1 atom stereocenters. The third kappa shape index (κ3) is 2.33.